The Balaban J connectivity index is 1.10. The Labute approximate surface area is 498 Å². The summed E-state index contributed by atoms with van der Waals surface area (Å²) in [5, 5.41) is 1.03. The molecule has 0 unspecified atom stereocenters. The minimum Gasteiger partial charge on any atom is -0.378 e. The van der Waals surface area contributed by atoms with Crippen molar-refractivity contribution in [2.75, 3.05) is 277 Å². The van der Waals surface area contributed by atoms with Gasteiger partial charge in [-0.3, -0.25) is 19.2 Å². The number of rotatable bonds is 68. The smallest absolute Gasteiger partial charge is 0.335 e. The summed E-state index contributed by atoms with van der Waals surface area (Å²) in [5.41, 5.74) is 0. The first-order valence-corrected chi connectivity index (χ1v) is 29.1. The van der Waals surface area contributed by atoms with E-state index in [1.54, 1.807) is 0 Å². The molecular weight excluding hydrogens is 1140 g/mol. The number of carbonyl (C=O) groups is 6. The number of hydroxylamine groups is 4. The number of ether oxygens (including phenoxy) is 21. The molecule has 0 aromatic heterocycles. The van der Waals surface area contributed by atoms with E-state index in [9.17, 15) is 28.8 Å². The molecule has 2 aliphatic rings. The van der Waals surface area contributed by atoms with Crippen LogP contribution in [0, 0.1) is 0 Å². The molecule has 85 heavy (non-hydrogen) atoms. The van der Waals surface area contributed by atoms with Gasteiger partial charge in [-0.2, -0.15) is 0 Å². The number of amides is 4. The van der Waals surface area contributed by atoms with Crippen molar-refractivity contribution >= 4 is 35.6 Å². The average Bonchev–Trinajstić information content (AvgIpc) is 4.21. The van der Waals surface area contributed by atoms with Gasteiger partial charge in [0.2, 0.25) is 0 Å². The standard InChI is InChI=1S/C54H96N2O29/c57-49-1-2-50(58)55(49)84-53(61)5-7-63-9-11-65-13-15-67-17-19-69-21-23-71-25-27-73-29-31-75-33-35-77-37-39-79-41-43-81-45-47-83-48-46-82-44-42-80-40-38-78-36-34-76-32-30-74-28-26-72-24-22-70-20-18-68-16-14-66-12-10-64-8-6-54(62)85-56-51(59)3-4-52(56)60/h1-48H2. The van der Waals surface area contributed by atoms with Crippen molar-refractivity contribution < 1.29 is 138 Å². The molecule has 31 heteroatoms. The van der Waals surface area contributed by atoms with Crippen LogP contribution in [0.25, 0.3) is 0 Å². The van der Waals surface area contributed by atoms with E-state index in [1.807, 2.05) is 0 Å². The van der Waals surface area contributed by atoms with Gasteiger partial charge >= 0.3 is 11.9 Å². The highest BCUT2D eigenvalue weighted by Crippen LogP contribution is 2.13. The van der Waals surface area contributed by atoms with Crippen LogP contribution in [0.3, 0.4) is 0 Å². The monoisotopic (exact) mass is 1240 g/mol. The van der Waals surface area contributed by atoms with Gasteiger partial charge in [0.25, 0.3) is 23.6 Å². The Bertz CT molecular complexity index is 1460. The first-order valence-electron chi connectivity index (χ1n) is 29.1. The largest absolute Gasteiger partial charge is 0.378 e. The van der Waals surface area contributed by atoms with Crippen LogP contribution in [0.4, 0.5) is 0 Å². The van der Waals surface area contributed by atoms with E-state index in [0.29, 0.717) is 261 Å². The zero-order valence-electron chi connectivity index (χ0n) is 49.7. The molecule has 2 heterocycles. The van der Waals surface area contributed by atoms with Gasteiger partial charge in [-0.15, -0.1) is 10.1 Å². The van der Waals surface area contributed by atoms with Crippen LogP contribution in [0.15, 0.2) is 0 Å². The number of nitrogens with zero attached hydrogens (tertiary/aromatic N) is 2. The Morgan fingerprint density at radius 3 is 0.424 bits per heavy atom. The number of hydrogen-bond donors (Lipinski definition) is 0. The van der Waals surface area contributed by atoms with Crippen molar-refractivity contribution in [2.24, 2.45) is 0 Å². The third kappa shape index (κ3) is 51.0. The molecule has 0 radical (unpaired) electrons. The summed E-state index contributed by atoms with van der Waals surface area (Å²) in [4.78, 5) is 78.7. The molecule has 0 spiro atoms. The molecule has 0 bridgehead atoms. The van der Waals surface area contributed by atoms with Gasteiger partial charge in [-0.25, -0.2) is 9.59 Å². The fourth-order valence-corrected chi connectivity index (χ4v) is 6.42. The van der Waals surface area contributed by atoms with Gasteiger partial charge in [0.05, 0.1) is 290 Å². The average molecular weight is 1240 g/mol. The third-order valence-electron chi connectivity index (χ3n) is 10.7. The number of imide groups is 2. The maximum atomic E-state index is 11.7. The third-order valence-corrected chi connectivity index (χ3v) is 10.7. The first-order chi connectivity index (χ1) is 41.9. The van der Waals surface area contributed by atoms with Crippen LogP contribution in [-0.2, 0) is 138 Å². The molecular formula is C54H96N2O29. The lowest BCUT2D eigenvalue weighted by atomic mass is 10.4. The van der Waals surface area contributed by atoms with Crippen LogP contribution >= 0.6 is 0 Å². The highest BCUT2D eigenvalue weighted by molar-refractivity contribution is 6.02. The molecule has 0 saturated carbocycles. The zero-order chi connectivity index (χ0) is 60.8. The summed E-state index contributed by atoms with van der Waals surface area (Å²) < 4.78 is 115. The van der Waals surface area contributed by atoms with E-state index < -0.39 is 35.6 Å². The minimum atomic E-state index is -0.707. The van der Waals surface area contributed by atoms with E-state index in [0.717, 1.165) is 0 Å². The van der Waals surface area contributed by atoms with Gasteiger partial charge in [-0.05, 0) is 0 Å². The van der Waals surface area contributed by atoms with Gasteiger partial charge in [-0.1, -0.05) is 0 Å². The molecule has 496 valence electrons. The van der Waals surface area contributed by atoms with Crippen molar-refractivity contribution in [3.63, 3.8) is 0 Å². The molecule has 31 nitrogen and oxygen atoms in total. The molecule has 2 fully saturated rings. The van der Waals surface area contributed by atoms with Crippen molar-refractivity contribution in [2.45, 2.75) is 38.5 Å². The van der Waals surface area contributed by atoms with E-state index >= 15 is 0 Å². The number of hydrogen-bond acceptors (Lipinski definition) is 29. The van der Waals surface area contributed by atoms with Crippen LogP contribution in [0.5, 0.6) is 0 Å². The van der Waals surface area contributed by atoms with Gasteiger partial charge < -0.3 is 109 Å². The lowest BCUT2D eigenvalue weighted by Gasteiger charge is -2.12. The van der Waals surface area contributed by atoms with Crippen molar-refractivity contribution in [1.82, 2.24) is 10.1 Å². The van der Waals surface area contributed by atoms with E-state index in [1.165, 1.54) is 0 Å². The van der Waals surface area contributed by atoms with Crippen molar-refractivity contribution in [1.29, 1.82) is 0 Å². The summed E-state index contributed by atoms with van der Waals surface area (Å²) in [6.07, 6.45) is 0.0314. The van der Waals surface area contributed by atoms with E-state index in [-0.39, 0.29) is 65.0 Å². The summed E-state index contributed by atoms with van der Waals surface area (Å²) in [6.45, 7) is 17.5. The lowest BCUT2D eigenvalue weighted by Crippen LogP contribution is -2.32. The maximum absolute atomic E-state index is 11.7. The fraction of sp³-hybridized carbons (Fsp3) is 0.889. The van der Waals surface area contributed by atoms with Crippen LogP contribution < -0.4 is 0 Å². The van der Waals surface area contributed by atoms with Crippen molar-refractivity contribution in [3.05, 3.63) is 0 Å². The molecule has 0 aliphatic carbocycles. The van der Waals surface area contributed by atoms with Gasteiger partial charge in [0, 0.05) is 25.7 Å². The fourth-order valence-electron chi connectivity index (χ4n) is 6.42. The van der Waals surface area contributed by atoms with Gasteiger partial charge in [0.1, 0.15) is 0 Å². The summed E-state index contributed by atoms with van der Waals surface area (Å²) in [7, 11) is 0. The van der Waals surface area contributed by atoms with Crippen LogP contribution in [0.1, 0.15) is 38.5 Å². The summed E-state index contributed by atoms with van der Waals surface area (Å²) >= 11 is 0. The predicted molar refractivity (Wildman–Crippen MR) is 291 cm³/mol. The van der Waals surface area contributed by atoms with Gasteiger partial charge in [0.15, 0.2) is 0 Å². The van der Waals surface area contributed by atoms with Crippen LogP contribution in [0.2, 0.25) is 0 Å². The maximum Gasteiger partial charge on any atom is 0.335 e. The second-order valence-electron chi connectivity index (χ2n) is 17.5. The molecule has 0 atom stereocenters. The quantitative estimate of drug-likeness (QED) is 0.0538. The second kappa shape index (κ2) is 60.7. The highest BCUT2D eigenvalue weighted by Gasteiger charge is 2.33. The molecule has 2 aliphatic heterocycles. The Morgan fingerprint density at radius 2 is 0.306 bits per heavy atom. The van der Waals surface area contributed by atoms with E-state index in [4.69, 9.17) is 109 Å². The Morgan fingerprint density at radius 1 is 0.200 bits per heavy atom. The predicted octanol–water partition coefficient (Wildman–Crippen LogP) is -0.670. The molecule has 4 amide bonds. The summed E-state index contributed by atoms with van der Waals surface area (Å²) in [5.74, 6) is -3.49. The lowest BCUT2D eigenvalue weighted by molar-refractivity contribution is -0.198. The Kier molecular flexibility index (Phi) is 55.3. The highest BCUT2D eigenvalue weighted by atomic mass is 16.7. The molecule has 0 aromatic rings. The second-order valence-corrected chi connectivity index (χ2v) is 17.5. The van der Waals surface area contributed by atoms with Crippen LogP contribution in [-0.4, -0.2) is 323 Å². The first kappa shape index (κ1) is 77.5. The van der Waals surface area contributed by atoms with Crippen molar-refractivity contribution in [3.8, 4) is 0 Å². The molecule has 0 N–H and O–H groups in total. The minimum absolute atomic E-state index is 0.0501. The molecule has 2 rings (SSSR count). The normalized spacial score (nSPS) is 13.6. The molecule has 0 aromatic carbocycles. The SMILES string of the molecule is O=C(CCOCCOCCOCCOCCOCCOCCOCCOCCOCCOCCOCCOCCOCCOCCOCCOCCOCCOCCOCCOCCOCCC(=O)ON1C(=O)CCC1=O)ON1C(=O)CCC1=O. The topological polar surface area (TPSA) is 321 Å². The Hall–Kier alpha value is -3.62. The summed E-state index contributed by atoms with van der Waals surface area (Å²) in [6, 6.07) is 0. The van der Waals surface area contributed by atoms with E-state index in [2.05, 4.69) is 0 Å². The zero-order valence-corrected chi connectivity index (χ0v) is 49.7. The molecule has 2 saturated heterocycles. The number of carbonyl (C=O) groups excluding carboxylic acids is 6.